The fourth-order valence-corrected chi connectivity index (χ4v) is 2.04. The molecule has 1 heterocycles. The number of aromatic amines is 1. The third-order valence-corrected chi connectivity index (χ3v) is 3.64. The number of carboxylic acids is 1. The van der Waals surface area contributed by atoms with Crippen LogP contribution in [0.4, 0.5) is 13.2 Å². The molecule has 0 spiro atoms. The minimum atomic E-state index is -4.81. The zero-order chi connectivity index (χ0) is 18.1. The van der Waals surface area contributed by atoms with Crippen LogP contribution in [0.15, 0.2) is 24.3 Å². The third-order valence-electron chi connectivity index (χ3n) is 3.64. The van der Waals surface area contributed by atoms with Crippen molar-refractivity contribution in [3.63, 3.8) is 0 Å². The summed E-state index contributed by atoms with van der Waals surface area (Å²) in [5.41, 5.74) is -1.15. The van der Waals surface area contributed by atoms with Gasteiger partial charge >= 0.3 is 12.3 Å². The first kappa shape index (κ1) is 17.6. The lowest BCUT2D eigenvalue weighted by molar-refractivity contribution is -0.274. The maximum Gasteiger partial charge on any atom is 0.573 e. The fourth-order valence-electron chi connectivity index (χ4n) is 2.04. The van der Waals surface area contributed by atoms with Crippen LogP contribution in [0.3, 0.4) is 0 Å². The summed E-state index contributed by atoms with van der Waals surface area (Å²) in [6.45, 7) is 2.98. The number of carbonyl (C=O) groups excluding carboxylic acids is 1. The van der Waals surface area contributed by atoms with Gasteiger partial charge in [-0.15, -0.1) is 13.2 Å². The quantitative estimate of drug-likeness (QED) is 0.777. The van der Waals surface area contributed by atoms with Gasteiger partial charge in [0.1, 0.15) is 17.0 Å². The molecule has 0 aliphatic carbocycles. The Morgan fingerprint density at radius 2 is 1.96 bits per heavy atom. The largest absolute Gasteiger partial charge is 0.573 e. The molecule has 0 bridgehead atoms. The van der Waals surface area contributed by atoms with E-state index in [0.717, 1.165) is 12.1 Å². The van der Waals surface area contributed by atoms with Crippen molar-refractivity contribution in [3.8, 4) is 5.75 Å². The fraction of sp³-hybridized carbons (Fsp3) is 0.333. The Bertz CT molecular complexity index is 785. The molecule has 0 fully saturated rings. The molecule has 0 aliphatic rings. The van der Waals surface area contributed by atoms with Crippen molar-refractivity contribution in [1.29, 1.82) is 0 Å². The molecule has 3 N–H and O–H groups in total. The molecule has 0 saturated heterocycles. The summed E-state index contributed by atoms with van der Waals surface area (Å²) >= 11 is 0. The number of aliphatic carboxylic acids is 1. The van der Waals surface area contributed by atoms with Crippen molar-refractivity contribution in [2.75, 3.05) is 0 Å². The number of amides is 1. The van der Waals surface area contributed by atoms with Crippen LogP contribution in [0.25, 0.3) is 10.9 Å². The van der Waals surface area contributed by atoms with E-state index in [2.05, 4.69) is 15.0 Å². The van der Waals surface area contributed by atoms with E-state index in [1.54, 1.807) is 6.92 Å². The summed E-state index contributed by atoms with van der Waals surface area (Å²) in [4.78, 5) is 26.1. The monoisotopic (exact) mass is 344 g/mol. The minimum absolute atomic E-state index is 0.0371. The smallest absolute Gasteiger partial charge is 0.480 e. The Balaban J connectivity index is 2.27. The van der Waals surface area contributed by atoms with Crippen LogP contribution < -0.4 is 10.1 Å². The second-order valence-electron chi connectivity index (χ2n) is 5.42. The summed E-state index contributed by atoms with van der Waals surface area (Å²) in [5, 5.41) is 12.0. The SMILES string of the molecule is CCC(C)(NC(=O)c1cc2ccc(OC(F)(F)F)cc2[nH]1)C(=O)O. The third kappa shape index (κ3) is 3.79. The molecular weight excluding hydrogens is 329 g/mol. The number of H-pyrrole nitrogens is 1. The highest BCUT2D eigenvalue weighted by molar-refractivity contribution is 6.00. The maximum absolute atomic E-state index is 12.2. The van der Waals surface area contributed by atoms with Gasteiger partial charge in [0.2, 0.25) is 0 Å². The van der Waals surface area contributed by atoms with E-state index in [0.29, 0.717) is 5.39 Å². The number of hydrogen-bond donors (Lipinski definition) is 3. The van der Waals surface area contributed by atoms with Crippen LogP contribution in [0.2, 0.25) is 0 Å². The molecule has 9 heteroatoms. The van der Waals surface area contributed by atoms with Crippen LogP contribution in [0, 0.1) is 0 Å². The van der Waals surface area contributed by atoms with Gasteiger partial charge in [0.25, 0.3) is 5.91 Å². The van der Waals surface area contributed by atoms with Gasteiger partial charge in [-0.1, -0.05) is 6.92 Å². The molecule has 1 aromatic carbocycles. The highest BCUT2D eigenvalue weighted by Gasteiger charge is 2.33. The van der Waals surface area contributed by atoms with Crippen LogP contribution in [-0.2, 0) is 4.79 Å². The normalized spacial score (nSPS) is 14.2. The molecule has 1 unspecified atom stereocenters. The Kier molecular flexibility index (Phi) is 4.46. The molecule has 0 saturated carbocycles. The maximum atomic E-state index is 12.2. The van der Waals surface area contributed by atoms with E-state index >= 15 is 0 Å². The van der Waals surface area contributed by atoms with Crippen LogP contribution in [-0.4, -0.2) is 33.9 Å². The molecule has 1 aromatic heterocycles. The second-order valence-corrected chi connectivity index (χ2v) is 5.42. The summed E-state index contributed by atoms with van der Waals surface area (Å²) in [6, 6.07) is 5.01. The van der Waals surface area contributed by atoms with Crippen LogP contribution in [0.1, 0.15) is 30.8 Å². The first-order chi connectivity index (χ1) is 11.0. The van der Waals surface area contributed by atoms with Crippen LogP contribution >= 0.6 is 0 Å². The molecular formula is C15H15F3N2O4. The standard InChI is InChI=1S/C15H15F3N2O4/c1-3-14(2,13(22)23)20-12(21)11-6-8-4-5-9(7-10(8)19-11)24-15(16,17)18/h4-7,19H,3H2,1-2H3,(H,20,21)(H,22,23). The minimum Gasteiger partial charge on any atom is -0.480 e. The Labute approximate surface area is 134 Å². The molecule has 2 rings (SSSR count). The zero-order valence-corrected chi connectivity index (χ0v) is 12.8. The van der Waals surface area contributed by atoms with E-state index in [4.69, 9.17) is 5.11 Å². The molecule has 2 aromatic rings. The number of rotatable bonds is 5. The molecule has 0 radical (unpaired) electrons. The lowest BCUT2D eigenvalue weighted by Gasteiger charge is -2.24. The van der Waals surface area contributed by atoms with Gasteiger partial charge < -0.3 is 20.1 Å². The lowest BCUT2D eigenvalue weighted by atomic mass is 9.99. The van der Waals surface area contributed by atoms with Gasteiger partial charge in [0, 0.05) is 17.0 Å². The van der Waals surface area contributed by atoms with Gasteiger partial charge in [-0.2, -0.15) is 0 Å². The topological polar surface area (TPSA) is 91.4 Å². The first-order valence-corrected chi connectivity index (χ1v) is 6.98. The zero-order valence-electron chi connectivity index (χ0n) is 12.8. The highest BCUT2D eigenvalue weighted by atomic mass is 19.4. The first-order valence-electron chi connectivity index (χ1n) is 6.98. The molecule has 1 atom stereocenters. The average Bonchev–Trinajstić information content (AvgIpc) is 2.88. The second kappa shape index (κ2) is 6.06. The Hall–Kier alpha value is -2.71. The summed E-state index contributed by atoms with van der Waals surface area (Å²) in [6.07, 6.45) is -4.65. The number of aromatic nitrogens is 1. The Morgan fingerprint density at radius 3 is 2.50 bits per heavy atom. The van der Waals surface area contributed by atoms with Gasteiger partial charge in [-0.25, -0.2) is 4.79 Å². The number of alkyl halides is 3. The van der Waals surface area contributed by atoms with E-state index in [1.807, 2.05) is 0 Å². The number of halogens is 3. The van der Waals surface area contributed by atoms with Crippen molar-refractivity contribution >= 4 is 22.8 Å². The van der Waals surface area contributed by atoms with E-state index in [-0.39, 0.29) is 17.6 Å². The van der Waals surface area contributed by atoms with E-state index < -0.39 is 29.5 Å². The number of hydrogen-bond acceptors (Lipinski definition) is 3. The molecule has 130 valence electrons. The molecule has 24 heavy (non-hydrogen) atoms. The number of fused-ring (bicyclic) bond motifs is 1. The predicted molar refractivity (Wildman–Crippen MR) is 78.8 cm³/mol. The van der Waals surface area contributed by atoms with E-state index in [9.17, 15) is 22.8 Å². The van der Waals surface area contributed by atoms with Crippen molar-refractivity contribution < 1.29 is 32.6 Å². The number of benzene rings is 1. The van der Waals surface area contributed by atoms with Crippen molar-refractivity contribution in [1.82, 2.24) is 10.3 Å². The number of carboxylic acid groups (broad SMARTS) is 1. The lowest BCUT2D eigenvalue weighted by Crippen LogP contribution is -2.51. The van der Waals surface area contributed by atoms with Gasteiger partial charge in [0.05, 0.1) is 0 Å². The van der Waals surface area contributed by atoms with Crippen LogP contribution in [0.5, 0.6) is 5.75 Å². The van der Waals surface area contributed by atoms with E-state index in [1.165, 1.54) is 19.1 Å². The average molecular weight is 344 g/mol. The Morgan fingerprint density at radius 1 is 1.29 bits per heavy atom. The van der Waals surface area contributed by atoms with Crippen molar-refractivity contribution in [2.45, 2.75) is 32.2 Å². The number of nitrogens with one attached hydrogen (secondary N) is 2. The van der Waals surface area contributed by atoms with Gasteiger partial charge in [-0.05, 0) is 31.5 Å². The number of ether oxygens (including phenoxy) is 1. The number of carbonyl (C=O) groups is 2. The highest BCUT2D eigenvalue weighted by Crippen LogP contribution is 2.27. The molecule has 6 nitrogen and oxygen atoms in total. The van der Waals surface area contributed by atoms with Crippen molar-refractivity contribution in [3.05, 3.63) is 30.0 Å². The summed E-state index contributed by atoms with van der Waals surface area (Å²) in [7, 11) is 0. The summed E-state index contributed by atoms with van der Waals surface area (Å²) in [5.74, 6) is -2.28. The summed E-state index contributed by atoms with van der Waals surface area (Å²) < 4.78 is 40.5. The molecule has 1 amide bonds. The van der Waals surface area contributed by atoms with Gasteiger partial charge in [0.15, 0.2) is 0 Å². The predicted octanol–water partition coefficient (Wildman–Crippen LogP) is 3.05. The van der Waals surface area contributed by atoms with Crippen molar-refractivity contribution in [2.24, 2.45) is 0 Å². The van der Waals surface area contributed by atoms with Gasteiger partial charge in [-0.3, -0.25) is 4.79 Å². The molecule has 0 aliphatic heterocycles.